The molecule has 102 valence electrons. The molecule has 3 rings (SSSR count). The van der Waals surface area contributed by atoms with Crippen LogP contribution in [-0.2, 0) is 23.1 Å². The van der Waals surface area contributed by atoms with Gasteiger partial charge in [-0.15, -0.1) is 0 Å². The van der Waals surface area contributed by atoms with Crippen LogP contribution in [-0.4, -0.2) is 16.4 Å². The van der Waals surface area contributed by atoms with Crippen molar-refractivity contribution in [2.45, 2.75) is 45.1 Å². The maximum atomic E-state index is 12.2. The monoisotopic (exact) mass is 371 g/mol. The smallest absolute Gasteiger partial charge is 0.234 e. The Morgan fingerprint density at radius 2 is 2.26 bits per heavy atom. The van der Waals surface area contributed by atoms with E-state index >= 15 is 0 Å². The van der Waals surface area contributed by atoms with Crippen LogP contribution >= 0.6 is 22.6 Å². The Bertz CT molecular complexity index is 566. The fourth-order valence-corrected chi connectivity index (χ4v) is 3.50. The summed E-state index contributed by atoms with van der Waals surface area (Å²) in [6.07, 6.45) is 2.14. The number of carbonyl (C=O) groups excluding carboxylic acids is 1. The van der Waals surface area contributed by atoms with E-state index in [-0.39, 0.29) is 12.0 Å². The molecule has 0 aliphatic carbocycles. The Hall–Kier alpha value is -0.780. The highest BCUT2D eigenvalue weighted by atomic mass is 127. The molecule has 1 aromatic rings. The zero-order valence-corrected chi connectivity index (χ0v) is 13.6. The lowest BCUT2D eigenvalue weighted by Crippen LogP contribution is -2.27. The Morgan fingerprint density at radius 1 is 1.53 bits per heavy atom. The first kappa shape index (κ1) is 13.2. The van der Waals surface area contributed by atoms with E-state index in [0.717, 1.165) is 34.3 Å². The first-order valence-electron chi connectivity index (χ1n) is 6.72. The summed E-state index contributed by atoms with van der Waals surface area (Å²) in [6, 6.07) is 2.21. The Balaban J connectivity index is 2.23. The van der Waals surface area contributed by atoms with Gasteiger partial charge in [0, 0.05) is 16.4 Å². The minimum Gasteiger partial charge on any atom is -0.489 e. The highest BCUT2D eigenvalue weighted by Crippen LogP contribution is 2.49. The molecule has 3 nitrogen and oxygen atoms in total. The molecule has 0 radical (unpaired) electrons. The van der Waals surface area contributed by atoms with Crippen LogP contribution in [0, 0.1) is 0 Å². The van der Waals surface area contributed by atoms with Crippen LogP contribution in [0.2, 0.25) is 0 Å². The number of fused-ring (bicyclic) bond motifs is 3. The lowest BCUT2D eigenvalue weighted by atomic mass is 9.83. The molecule has 0 aromatic heterocycles. The minimum atomic E-state index is -0.495. The number of benzene rings is 1. The van der Waals surface area contributed by atoms with Crippen molar-refractivity contribution in [2.24, 2.45) is 0 Å². The van der Waals surface area contributed by atoms with Crippen molar-refractivity contribution < 1.29 is 9.53 Å². The van der Waals surface area contributed by atoms with Gasteiger partial charge in [0.2, 0.25) is 5.91 Å². The van der Waals surface area contributed by atoms with Crippen molar-refractivity contribution in [3.05, 3.63) is 22.8 Å². The molecule has 0 spiro atoms. The molecule has 1 atom stereocenters. The lowest BCUT2D eigenvalue weighted by Gasteiger charge is -2.19. The highest BCUT2D eigenvalue weighted by molar-refractivity contribution is 14.1. The summed E-state index contributed by atoms with van der Waals surface area (Å²) in [4.78, 5) is 12.2. The van der Waals surface area contributed by atoms with E-state index in [0.29, 0.717) is 0 Å². The molecule has 0 fully saturated rings. The molecular formula is C15H18INO2. The van der Waals surface area contributed by atoms with Crippen LogP contribution in [0.4, 0.5) is 5.69 Å². The highest BCUT2D eigenvalue weighted by Gasteiger charge is 2.44. The van der Waals surface area contributed by atoms with Crippen LogP contribution < -0.4 is 10.1 Å². The number of aryl methyl sites for hydroxylation is 1. The third-order valence-corrected chi connectivity index (χ3v) is 5.14. The van der Waals surface area contributed by atoms with E-state index in [1.807, 2.05) is 13.8 Å². The maximum absolute atomic E-state index is 12.2. The van der Waals surface area contributed by atoms with Gasteiger partial charge in [0.05, 0.1) is 11.1 Å². The number of carbonyl (C=O) groups is 1. The molecular weight excluding hydrogens is 353 g/mol. The lowest BCUT2D eigenvalue weighted by molar-refractivity contribution is -0.119. The number of rotatable bonds is 2. The van der Waals surface area contributed by atoms with E-state index < -0.39 is 5.41 Å². The van der Waals surface area contributed by atoms with Crippen LogP contribution in [0.5, 0.6) is 5.75 Å². The molecule has 4 heteroatoms. The molecule has 1 aromatic carbocycles. The SMILES string of the molecule is CCc1cc2c(c3c1NC(=O)C3(C)C)OC(CI)C2. The summed E-state index contributed by atoms with van der Waals surface area (Å²) in [5.74, 6) is 1.03. The third kappa shape index (κ3) is 1.79. The Morgan fingerprint density at radius 3 is 2.89 bits per heavy atom. The number of amides is 1. The van der Waals surface area contributed by atoms with Crippen LogP contribution in [0.3, 0.4) is 0 Å². The van der Waals surface area contributed by atoms with Gasteiger partial charge >= 0.3 is 0 Å². The van der Waals surface area contributed by atoms with E-state index in [1.54, 1.807) is 0 Å². The average Bonchev–Trinajstić information content (AvgIpc) is 2.88. The van der Waals surface area contributed by atoms with Gasteiger partial charge in [0.25, 0.3) is 0 Å². The number of anilines is 1. The summed E-state index contributed by atoms with van der Waals surface area (Å²) in [5.41, 5.74) is 4.06. The molecule has 19 heavy (non-hydrogen) atoms. The zero-order valence-electron chi connectivity index (χ0n) is 11.5. The first-order chi connectivity index (χ1) is 8.98. The maximum Gasteiger partial charge on any atom is 0.234 e. The molecule has 2 aliphatic rings. The first-order valence-corrected chi connectivity index (χ1v) is 8.24. The third-order valence-electron chi connectivity index (χ3n) is 4.15. The molecule has 0 saturated carbocycles. The fraction of sp³-hybridized carbons (Fsp3) is 0.533. The summed E-state index contributed by atoms with van der Waals surface area (Å²) in [5, 5.41) is 3.05. The zero-order chi connectivity index (χ0) is 13.8. The molecule has 1 amide bonds. The van der Waals surface area contributed by atoms with Crippen molar-refractivity contribution in [3.63, 3.8) is 0 Å². The predicted molar refractivity (Wildman–Crippen MR) is 84.5 cm³/mol. The van der Waals surface area contributed by atoms with Crippen LogP contribution in [0.15, 0.2) is 6.07 Å². The minimum absolute atomic E-state index is 0.0760. The topological polar surface area (TPSA) is 38.3 Å². The van der Waals surface area contributed by atoms with Gasteiger partial charge in [0.15, 0.2) is 0 Å². The second-order valence-corrected chi connectivity index (χ2v) is 6.69. The predicted octanol–water partition coefficient (Wildman–Crippen LogP) is 3.22. The second kappa shape index (κ2) is 4.36. The van der Waals surface area contributed by atoms with Gasteiger partial charge in [0.1, 0.15) is 11.9 Å². The van der Waals surface area contributed by atoms with Gasteiger partial charge in [-0.2, -0.15) is 0 Å². The quantitative estimate of drug-likeness (QED) is 0.641. The van der Waals surface area contributed by atoms with Crippen molar-refractivity contribution in [2.75, 3.05) is 9.74 Å². The van der Waals surface area contributed by atoms with Crippen molar-refractivity contribution in [1.82, 2.24) is 0 Å². The number of hydrogen-bond donors (Lipinski definition) is 1. The standard InChI is InChI=1S/C15H18INO2/c1-4-8-5-9-6-10(7-16)19-13(9)11-12(8)17-14(18)15(11,2)3/h5,10H,4,6-7H2,1-3H3,(H,17,18). The van der Waals surface area contributed by atoms with E-state index in [4.69, 9.17) is 4.74 Å². The van der Waals surface area contributed by atoms with Crippen molar-refractivity contribution in [1.29, 1.82) is 0 Å². The van der Waals surface area contributed by atoms with E-state index in [2.05, 4.69) is 40.9 Å². The number of nitrogens with one attached hydrogen (secondary N) is 1. The molecule has 2 heterocycles. The molecule has 0 saturated heterocycles. The summed E-state index contributed by atoms with van der Waals surface area (Å²) < 4.78 is 7.06. The number of ether oxygens (including phenoxy) is 1. The summed E-state index contributed by atoms with van der Waals surface area (Å²) in [7, 11) is 0. The normalized spacial score (nSPS) is 22.7. The Labute approximate surface area is 127 Å². The second-order valence-electron chi connectivity index (χ2n) is 5.80. The number of alkyl halides is 1. The van der Waals surface area contributed by atoms with Crippen molar-refractivity contribution in [3.8, 4) is 5.75 Å². The van der Waals surface area contributed by atoms with E-state index in [1.165, 1.54) is 11.1 Å². The molecule has 2 aliphatic heterocycles. The summed E-state index contributed by atoms with van der Waals surface area (Å²) >= 11 is 2.36. The van der Waals surface area contributed by atoms with Gasteiger partial charge in [-0.05, 0) is 37.5 Å². The molecule has 1 N–H and O–H groups in total. The number of hydrogen-bond acceptors (Lipinski definition) is 2. The number of halogens is 1. The Kier molecular flexibility index (Phi) is 3.04. The van der Waals surface area contributed by atoms with Gasteiger partial charge < -0.3 is 10.1 Å². The summed E-state index contributed by atoms with van der Waals surface area (Å²) in [6.45, 7) is 6.09. The van der Waals surface area contributed by atoms with Crippen LogP contribution in [0.25, 0.3) is 0 Å². The van der Waals surface area contributed by atoms with E-state index in [9.17, 15) is 4.79 Å². The van der Waals surface area contributed by atoms with Gasteiger partial charge in [-0.25, -0.2) is 0 Å². The van der Waals surface area contributed by atoms with Gasteiger partial charge in [-0.1, -0.05) is 29.5 Å². The van der Waals surface area contributed by atoms with Crippen LogP contribution in [0.1, 0.15) is 37.5 Å². The largest absolute Gasteiger partial charge is 0.489 e. The molecule has 0 bridgehead atoms. The van der Waals surface area contributed by atoms with Gasteiger partial charge in [-0.3, -0.25) is 4.79 Å². The van der Waals surface area contributed by atoms with Crippen molar-refractivity contribution >= 4 is 34.2 Å². The fourth-order valence-electron chi connectivity index (χ4n) is 3.01. The molecule has 1 unspecified atom stereocenters. The average molecular weight is 371 g/mol.